The third-order valence-corrected chi connectivity index (χ3v) is 3.36. The monoisotopic (exact) mass is 281 g/mol. The summed E-state index contributed by atoms with van der Waals surface area (Å²) in [6.45, 7) is 9.38. The normalized spacial score (nSPS) is 12.4. The van der Waals surface area contributed by atoms with E-state index in [9.17, 15) is 4.79 Å². The molecular formula is C16H27NO3. The first kappa shape index (κ1) is 16.8. The van der Waals surface area contributed by atoms with Crippen LogP contribution in [0.3, 0.4) is 0 Å². The first-order valence-corrected chi connectivity index (χ1v) is 7.50. The number of ether oxygens (including phenoxy) is 1. The van der Waals surface area contributed by atoms with Gasteiger partial charge in [0.15, 0.2) is 0 Å². The molecule has 1 N–H and O–H groups in total. The summed E-state index contributed by atoms with van der Waals surface area (Å²) < 4.78 is 10.4. The fourth-order valence-electron chi connectivity index (χ4n) is 2.31. The zero-order valence-electron chi connectivity index (χ0n) is 13.1. The lowest BCUT2D eigenvalue weighted by molar-refractivity contribution is -0.143. The van der Waals surface area contributed by atoms with E-state index in [0.717, 1.165) is 37.3 Å². The van der Waals surface area contributed by atoms with Crippen LogP contribution in [0.15, 0.2) is 10.5 Å². The van der Waals surface area contributed by atoms with Gasteiger partial charge in [0.05, 0.1) is 6.61 Å². The van der Waals surface area contributed by atoms with Crippen LogP contribution in [0.2, 0.25) is 0 Å². The zero-order valence-corrected chi connectivity index (χ0v) is 13.1. The number of hydrogen-bond donors (Lipinski definition) is 1. The van der Waals surface area contributed by atoms with Gasteiger partial charge in [-0.15, -0.1) is 0 Å². The van der Waals surface area contributed by atoms with Crippen molar-refractivity contribution in [2.24, 2.45) is 0 Å². The Morgan fingerprint density at radius 2 is 2.10 bits per heavy atom. The standard InChI is InChI=1S/C16H27NO3/c1-5-19-16(18)9-7-6-8-10-17-13(3)15-11-12(2)20-14(15)4/h11,13,17H,5-10H2,1-4H3. The van der Waals surface area contributed by atoms with E-state index in [-0.39, 0.29) is 5.97 Å². The van der Waals surface area contributed by atoms with Gasteiger partial charge >= 0.3 is 5.97 Å². The summed E-state index contributed by atoms with van der Waals surface area (Å²) >= 11 is 0. The van der Waals surface area contributed by atoms with Gasteiger partial charge in [0, 0.05) is 18.0 Å². The van der Waals surface area contributed by atoms with E-state index >= 15 is 0 Å². The average molecular weight is 281 g/mol. The zero-order chi connectivity index (χ0) is 15.0. The maximum absolute atomic E-state index is 11.2. The summed E-state index contributed by atoms with van der Waals surface area (Å²) in [7, 11) is 0. The molecule has 4 nitrogen and oxygen atoms in total. The molecule has 0 saturated heterocycles. The van der Waals surface area contributed by atoms with Crippen molar-refractivity contribution in [3.63, 3.8) is 0 Å². The van der Waals surface area contributed by atoms with Crippen LogP contribution in [0, 0.1) is 13.8 Å². The van der Waals surface area contributed by atoms with Crippen molar-refractivity contribution >= 4 is 5.97 Å². The summed E-state index contributed by atoms with van der Waals surface area (Å²) in [4.78, 5) is 11.2. The van der Waals surface area contributed by atoms with Crippen LogP contribution in [0.5, 0.6) is 0 Å². The summed E-state index contributed by atoms with van der Waals surface area (Å²) in [5, 5.41) is 3.49. The predicted octanol–water partition coefficient (Wildman–Crippen LogP) is 3.67. The van der Waals surface area contributed by atoms with Gasteiger partial charge in [-0.1, -0.05) is 6.42 Å². The van der Waals surface area contributed by atoms with Crippen LogP contribution in [0.1, 0.15) is 62.7 Å². The molecule has 0 amide bonds. The van der Waals surface area contributed by atoms with Crippen LogP contribution in [0.25, 0.3) is 0 Å². The number of esters is 1. The predicted molar refractivity (Wildman–Crippen MR) is 79.7 cm³/mol. The highest BCUT2D eigenvalue weighted by Gasteiger charge is 2.11. The number of carbonyl (C=O) groups is 1. The molecule has 0 aliphatic rings. The van der Waals surface area contributed by atoms with Crippen molar-refractivity contribution < 1.29 is 13.9 Å². The van der Waals surface area contributed by atoms with Crippen molar-refractivity contribution in [1.82, 2.24) is 5.32 Å². The number of nitrogens with one attached hydrogen (secondary N) is 1. The van der Waals surface area contributed by atoms with Gasteiger partial charge < -0.3 is 14.5 Å². The molecule has 0 spiro atoms. The SMILES string of the molecule is CCOC(=O)CCCCCNC(C)c1cc(C)oc1C. The maximum atomic E-state index is 11.2. The largest absolute Gasteiger partial charge is 0.466 e. The highest BCUT2D eigenvalue weighted by Crippen LogP contribution is 2.21. The van der Waals surface area contributed by atoms with Crippen molar-refractivity contribution in [2.45, 2.75) is 59.4 Å². The fraction of sp³-hybridized carbons (Fsp3) is 0.688. The number of rotatable bonds is 9. The highest BCUT2D eigenvalue weighted by molar-refractivity contribution is 5.69. The van der Waals surface area contributed by atoms with Crippen molar-refractivity contribution in [3.8, 4) is 0 Å². The first-order chi connectivity index (χ1) is 9.54. The molecule has 1 atom stereocenters. The number of furan rings is 1. The molecule has 1 rings (SSSR count). The first-order valence-electron chi connectivity index (χ1n) is 7.50. The van der Waals surface area contributed by atoms with E-state index < -0.39 is 0 Å². The molecule has 0 radical (unpaired) electrons. The highest BCUT2D eigenvalue weighted by atomic mass is 16.5. The molecule has 1 unspecified atom stereocenters. The van der Waals surface area contributed by atoms with Crippen LogP contribution < -0.4 is 5.32 Å². The van der Waals surface area contributed by atoms with Crippen molar-refractivity contribution in [1.29, 1.82) is 0 Å². The molecule has 4 heteroatoms. The Morgan fingerprint density at radius 1 is 1.35 bits per heavy atom. The molecule has 1 aromatic rings. The van der Waals surface area contributed by atoms with E-state index in [2.05, 4.69) is 18.3 Å². The van der Waals surface area contributed by atoms with Gasteiger partial charge in [0.25, 0.3) is 0 Å². The third kappa shape index (κ3) is 5.78. The molecule has 0 aliphatic heterocycles. The van der Waals surface area contributed by atoms with Crippen molar-refractivity contribution in [2.75, 3.05) is 13.2 Å². The van der Waals surface area contributed by atoms with Gasteiger partial charge in [-0.05, 0) is 53.1 Å². The maximum Gasteiger partial charge on any atom is 0.305 e. The Balaban J connectivity index is 2.12. The van der Waals surface area contributed by atoms with Gasteiger partial charge in [0.1, 0.15) is 11.5 Å². The molecule has 0 fully saturated rings. The van der Waals surface area contributed by atoms with Gasteiger partial charge in [0.2, 0.25) is 0 Å². The summed E-state index contributed by atoms with van der Waals surface area (Å²) in [5.41, 5.74) is 1.23. The number of hydrogen-bond acceptors (Lipinski definition) is 4. The van der Waals surface area contributed by atoms with Crippen LogP contribution >= 0.6 is 0 Å². The number of carbonyl (C=O) groups excluding carboxylic acids is 1. The molecule has 114 valence electrons. The molecule has 0 aromatic carbocycles. The lowest BCUT2D eigenvalue weighted by Crippen LogP contribution is -2.20. The molecule has 20 heavy (non-hydrogen) atoms. The van der Waals surface area contributed by atoms with Crippen LogP contribution in [-0.4, -0.2) is 19.1 Å². The topological polar surface area (TPSA) is 51.5 Å². The number of aryl methyl sites for hydroxylation is 2. The van der Waals surface area contributed by atoms with E-state index in [0.29, 0.717) is 19.1 Å². The lowest BCUT2D eigenvalue weighted by Gasteiger charge is -2.12. The summed E-state index contributed by atoms with van der Waals surface area (Å²) in [5.74, 6) is 1.86. The average Bonchev–Trinajstić information content (AvgIpc) is 2.73. The summed E-state index contributed by atoms with van der Waals surface area (Å²) in [6, 6.07) is 2.39. The Bertz CT molecular complexity index is 412. The van der Waals surface area contributed by atoms with E-state index in [1.807, 2.05) is 20.8 Å². The molecule has 0 bridgehead atoms. The second-order valence-electron chi connectivity index (χ2n) is 5.16. The van der Waals surface area contributed by atoms with Crippen LogP contribution in [-0.2, 0) is 9.53 Å². The lowest BCUT2D eigenvalue weighted by atomic mass is 10.1. The van der Waals surface area contributed by atoms with E-state index in [1.165, 1.54) is 5.56 Å². The van der Waals surface area contributed by atoms with E-state index in [1.54, 1.807) is 0 Å². The number of unbranched alkanes of at least 4 members (excludes halogenated alkanes) is 2. The van der Waals surface area contributed by atoms with Gasteiger partial charge in [-0.25, -0.2) is 0 Å². The summed E-state index contributed by atoms with van der Waals surface area (Å²) in [6.07, 6.45) is 3.55. The Kier molecular flexibility index (Phi) is 7.37. The second-order valence-corrected chi connectivity index (χ2v) is 5.16. The second kappa shape index (κ2) is 8.80. The molecule has 1 heterocycles. The molecule has 0 saturated carbocycles. The van der Waals surface area contributed by atoms with Crippen molar-refractivity contribution in [3.05, 3.63) is 23.2 Å². The fourth-order valence-corrected chi connectivity index (χ4v) is 2.31. The van der Waals surface area contributed by atoms with Gasteiger partial charge in [-0.3, -0.25) is 4.79 Å². The van der Waals surface area contributed by atoms with Gasteiger partial charge in [-0.2, -0.15) is 0 Å². The minimum atomic E-state index is -0.0849. The molecule has 0 aliphatic carbocycles. The molecular weight excluding hydrogens is 254 g/mol. The van der Waals surface area contributed by atoms with E-state index in [4.69, 9.17) is 9.15 Å². The Hall–Kier alpha value is -1.29. The quantitative estimate of drug-likeness (QED) is 0.554. The minimum absolute atomic E-state index is 0.0849. The third-order valence-electron chi connectivity index (χ3n) is 3.36. The molecule has 1 aromatic heterocycles. The van der Waals surface area contributed by atoms with Crippen LogP contribution in [0.4, 0.5) is 0 Å². The Morgan fingerprint density at radius 3 is 2.70 bits per heavy atom. The smallest absolute Gasteiger partial charge is 0.305 e. The Labute approximate surface area is 121 Å². The minimum Gasteiger partial charge on any atom is -0.466 e.